The van der Waals surface area contributed by atoms with Gasteiger partial charge in [-0.3, -0.25) is 4.40 Å². The van der Waals surface area contributed by atoms with Gasteiger partial charge in [0.15, 0.2) is 5.11 Å². The maximum Gasteiger partial charge on any atom is 0.186 e. The summed E-state index contributed by atoms with van der Waals surface area (Å²) in [4.78, 5) is 8.78. The van der Waals surface area contributed by atoms with Crippen LogP contribution in [-0.4, -0.2) is 19.5 Å². The molecular weight excluding hydrogens is 284 g/mol. The first-order valence-corrected chi connectivity index (χ1v) is 6.77. The number of rotatable bonds is 2. The summed E-state index contributed by atoms with van der Waals surface area (Å²) in [5.74, 6) is 5.88. The summed E-state index contributed by atoms with van der Waals surface area (Å²) in [5, 5.41) is 3.23. The van der Waals surface area contributed by atoms with Crippen molar-refractivity contribution in [3.8, 4) is 11.3 Å². The smallest absolute Gasteiger partial charge is 0.186 e. The molecule has 3 aromatic rings. The standard InChI is InChI=1S/C14H14N6S/c1-9-13(20-7-3-2-4-12(20)17-9)10-5-6-16-11(8-10)18-14(21)19-15/h2-8H,15H2,1H3,(H2,16,18,19,21). The first-order valence-electron chi connectivity index (χ1n) is 6.37. The van der Waals surface area contributed by atoms with Crippen LogP contribution in [0.1, 0.15) is 5.69 Å². The van der Waals surface area contributed by atoms with Crippen molar-refractivity contribution in [1.82, 2.24) is 19.8 Å². The number of hydrazine groups is 1. The topological polar surface area (TPSA) is 80.3 Å². The van der Waals surface area contributed by atoms with Crippen molar-refractivity contribution >= 4 is 28.8 Å². The van der Waals surface area contributed by atoms with E-state index < -0.39 is 0 Å². The summed E-state index contributed by atoms with van der Waals surface area (Å²) in [5.41, 5.74) is 6.27. The maximum absolute atomic E-state index is 5.26. The molecule has 0 aromatic carbocycles. The van der Waals surface area contributed by atoms with E-state index in [9.17, 15) is 0 Å². The van der Waals surface area contributed by atoms with Crippen LogP contribution in [0.5, 0.6) is 0 Å². The average Bonchev–Trinajstić information content (AvgIpc) is 2.83. The number of nitrogens with two attached hydrogens (primary N) is 1. The number of pyridine rings is 2. The summed E-state index contributed by atoms with van der Waals surface area (Å²) >= 11 is 4.98. The Bertz CT molecular complexity index is 810. The molecule has 0 amide bonds. The van der Waals surface area contributed by atoms with Crippen molar-refractivity contribution in [3.05, 3.63) is 48.4 Å². The number of nitrogens with zero attached hydrogens (tertiary/aromatic N) is 3. The molecule has 4 N–H and O–H groups in total. The fraction of sp³-hybridized carbons (Fsp3) is 0.0714. The monoisotopic (exact) mass is 298 g/mol. The molecule has 106 valence electrons. The van der Waals surface area contributed by atoms with E-state index in [2.05, 4.69) is 20.7 Å². The van der Waals surface area contributed by atoms with Gasteiger partial charge in [0.2, 0.25) is 0 Å². The molecule has 21 heavy (non-hydrogen) atoms. The number of nitrogens with one attached hydrogen (secondary N) is 2. The number of hydrogen-bond acceptors (Lipinski definition) is 4. The number of aryl methyl sites for hydroxylation is 1. The van der Waals surface area contributed by atoms with Crippen molar-refractivity contribution in [3.63, 3.8) is 0 Å². The van der Waals surface area contributed by atoms with Crippen LogP contribution in [0.4, 0.5) is 5.82 Å². The highest BCUT2D eigenvalue weighted by atomic mass is 32.1. The van der Waals surface area contributed by atoms with E-state index in [0.717, 1.165) is 22.6 Å². The Kier molecular flexibility index (Phi) is 3.51. The van der Waals surface area contributed by atoms with Crippen LogP contribution in [0, 0.1) is 6.92 Å². The van der Waals surface area contributed by atoms with Crippen LogP contribution in [0.3, 0.4) is 0 Å². The van der Waals surface area contributed by atoms with E-state index >= 15 is 0 Å². The van der Waals surface area contributed by atoms with Crippen LogP contribution < -0.4 is 16.6 Å². The highest BCUT2D eigenvalue weighted by molar-refractivity contribution is 7.80. The Balaban J connectivity index is 2.08. The lowest BCUT2D eigenvalue weighted by molar-refractivity contribution is 1.04. The van der Waals surface area contributed by atoms with Gasteiger partial charge in [-0.1, -0.05) is 6.07 Å². The zero-order valence-corrected chi connectivity index (χ0v) is 12.2. The minimum Gasteiger partial charge on any atom is -0.316 e. The van der Waals surface area contributed by atoms with Crippen molar-refractivity contribution < 1.29 is 0 Å². The summed E-state index contributed by atoms with van der Waals surface area (Å²) in [6.07, 6.45) is 3.71. The molecule has 3 rings (SSSR count). The van der Waals surface area contributed by atoms with Gasteiger partial charge in [-0.15, -0.1) is 0 Å². The molecule has 0 bridgehead atoms. The van der Waals surface area contributed by atoms with Crippen LogP contribution in [-0.2, 0) is 0 Å². The molecule has 3 aromatic heterocycles. The fourth-order valence-electron chi connectivity index (χ4n) is 2.26. The Labute approximate surface area is 127 Å². The molecule has 0 fully saturated rings. The highest BCUT2D eigenvalue weighted by Crippen LogP contribution is 2.25. The van der Waals surface area contributed by atoms with Crippen LogP contribution in [0.15, 0.2) is 42.7 Å². The second-order valence-corrected chi connectivity index (χ2v) is 4.91. The van der Waals surface area contributed by atoms with E-state index in [1.54, 1.807) is 6.20 Å². The van der Waals surface area contributed by atoms with E-state index in [1.807, 2.05) is 47.9 Å². The molecule has 0 unspecified atom stereocenters. The summed E-state index contributed by atoms with van der Waals surface area (Å²) in [6.45, 7) is 1.99. The number of anilines is 1. The van der Waals surface area contributed by atoms with Gasteiger partial charge >= 0.3 is 0 Å². The zero-order chi connectivity index (χ0) is 14.8. The molecule has 0 saturated carbocycles. The largest absolute Gasteiger partial charge is 0.316 e. The second-order valence-electron chi connectivity index (χ2n) is 4.50. The normalized spacial score (nSPS) is 10.6. The minimum atomic E-state index is 0.314. The number of imidazole rings is 1. The van der Waals surface area contributed by atoms with Crippen molar-refractivity contribution in [2.75, 3.05) is 5.32 Å². The molecule has 0 atom stereocenters. The molecule has 6 nitrogen and oxygen atoms in total. The number of aromatic nitrogens is 3. The predicted molar refractivity (Wildman–Crippen MR) is 86.7 cm³/mol. The van der Waals surface area contributed by atoms with E-state index in [0.29, 0.717) is 10.9 Å². The van der Waals surface area contributed by atoms with E-state index in [4.69, 9.17) is 18.1 Å². The van der Waals surface area contributed by atoms with Gasteiger partial charge in [-0.05, 0) is 43.4 Å². The van der Waals surface area contributed by atoms with Gasteiger partial charge in [-0.25, -0.2) is 15.8 Å². The lowest BCUT2D eigenvalue weighted by Gasteiger charge is -2.08. The lowest BCUT2D eigenvalue weighted by Crippen LogP contribution is -2.34. The average molecular weight is 298 g/mol. The van der Waals surface area contributed by atoms with Gasteiger partial charge < -0.3 is 10.7 Å². The third kappa shape index (κ3) is 2.56. The Hall–Kier alpha value is -2.51. The SMILES string of the molecule is Cc1nc2ccccn2c1-c1ccnc(NC(=S)NN)c1. The molecule has 7 heteroatoms. The summed E-state index contributed by atoms with van der Waals surface area (Å²) in [7, 11) is 0. The minimum absolute atomic E-state index is 0.314. The summed E-state index contributed by atoms with van der Waals surface area (Å²) in [6, 6.07) is 9.77. The quantitative estimate of drug-likeness (QED) is 0.381. The number of hydrogen-bond donors (Lipinski definition) is 3. The Morgan fingerprint density at radius 2 is 2.19 bits per heavy atom. The second kappa shape index (κ2) is 5.47. The number of thiocarbonyl (C=S) groups is 1. The van der Waals surface area contributed by atoms with Crippen LogP contribution in [0.25, 0.3) is 16.9 Å². The molecular formula is C14H14N6S. The van der Waals surface area contributed by atoms with E-state index in [-0.39, 0.29) is 0 Å². The molecule has 0 radical (unpaired) electrons. The van der Waals surface area contributed by atoms with Crippen molar-refractivity contribution in [1.29, 1.82) is 0 Å². The molecule has 0 aliphatic rings. The van der Waals surface area contributed by atoms with Crippen LogP contribution >= 0.6 is 12.2 Å². The Morgan fingerprint density at radius 3 is 3.00 bits per heavy atom. The molecule has 0 aliphatic heterocycles. The number of fused-ring (bicyclic) bond motifs is 1. The molecule has 0 spiro atoms. The molecule has 3 heterocycles. The van der Waals surface area contributed by atoms with Crippen molar-refractivity contribution in [2.45, 2.75) is 6.92 Å². The molecule has 0 aliphatic carbocycles. The third-order valence-corrected chi connectivity index (χ3v) is 3.33. The third-order valence-electron chi connectivity index (χ3n) is 3.11. The first kappa shape index (κ1) is 13.5. The summed E-state index contributed by atoms with van der Waals surface area (Å²) < 4.78 is 2.05. The first-order chi connectivity index (χ1) is 10.2. The van der Waals surface area contributed by atoms with Gasteiger partial charge in [0.25, 0.3) is 0 Å². The van der Waals surface area contributed by atoms with Gasteiger partial charge in [0.1, 0.15) is 11.5 Å². The van der Waals surface area contributed by atoms with Gasteiger partial charge in [-0.2, -0.15) is 0 Å². The van der Waals surface area contributed by atoms with Crippen LogP contribution in [0.2, 0.25) is 0 Å². The molecule has 0 saturated heterocycles. The predicted octanol–water partition coefficient (Wildman–Crippen LogP) is 1.86. The highest BCUT2D eigenvalue weighted by Gasteiger charge is 2.11. The zero-order valence-electron chi connectivity index (χ0n) is 11.4. The van der Waals surface area contributed by atoms with E-state index in [1.165, 1.54) is 0 Å². The van der Waals surface area contributed by atoms with Gasteiger partial charge in [0, 0.05) is 18.0 Å². The van der Waals surface area contributed by atoms with Crippen molar-refractivity contribution in [2.24, 2.45) is 5.84 Å². The maximum atomic E-state index is 5.26. The van der Waals surface area contributed by atoms with Gasteiger partial charge in [0.05, 0.1) is 11.4 Å². The fourth-order valence-corrected chi connectivity index (χ4v) is 2.36. The lowest BCUT2D eigenvalue weighted by atomic mass is 10.1. The Morgan fingerprint density at radius 1 is 1.33 bits per heavy atom.